The van der Waals surface area contributed by atoms with Crippen LogP contribution in [0.25, 0.3) is 0 Å². The lowest BCUT2D eigenvalue weighted by Crippen LogP contribution is -2.39. The molecule has 2 N–H and O–H groups in total. The standard InChI is InChI=1S/C8H19N3O/c1-4-9-8(12)10-6-7-11(3)5-2/h4-7H2,1-3H3,(H2,9,10,12). The summed E-state index contributed by atoms with van der Waals surface area (Å²) >= 11 is 0. The van der Waals surface area contributed by atoms with E-state index in [4.69, 9.17) is 0 Å². The van der Waals surface area contributed by atoms with Crippen molar-refractivity contribution in [3.8, 4) is 0 Å². The minimum atomic E-state index is -0.0815. The minimum absolute atomic E-state index is 0.0815. The van der Waals surface area contributed by atoms with E-state index in [1.807, 2.05) is 14.0 Å². The van der Waals surface area contributed by atoms with E-state index in [0.717, 1.165) is 13.1 Å². The molecule has 0 aromatic carbocycles. The fourth-order valence-electron chi connectivity index (χ4n) is 0.741. The number of carbonyl (C=O) groups is 1. The molecule has 72 valence electrons. The molecule has 0 bridgehead atoms. The highest BCUT2D eigenvalue weighted by Gasteiger charge is 1.97. The first-order valence-corrected chi connectivity index (χ1v) is 4.41. The molecule has 0 radical (unpaired) electrons. The van der Waals surface area contributed by atoms with Gasteiger partial charge < -0.3 is 15.5 Å². The van der Waals surface area contributed by atoms with Crippen molar-refractivity contribution in [3.05, 3.63) is 0 Å². The van der Waals surface area contributed by atoms with Gasteiger partial charge in [0, 0.05) is 19.6 Å². The Morgan fingerprint density at radius 2 is 2.00 bits per heavy atom. The molecule has 0 heterocycles. The van der Waals surface area contributed by atoms with E-state index in [-0.39, 0.29) is 6.03 Å². The van der Waals surface area contributed by atoms with Gasteiger partial charge in [0.1, 0.15) is 0 Å². The van der Waals surface area contributed by atoms with E-state index >= 15 is 0 Å². The van der Waals surface area contributed by atoms with Gasteiger partial charge >= 0.3 is 6.03 Å². The summed E-state index contributed by atoms with van der Waals surface area (Å²) in [5.41, 5.74) is 0. The Balaban J connectivity index is 3.24. The number of likely N-dealkylation sites (N-methyl/N-ethyl adjacent to an activating group) is 1. The molecule has 0 aliphatic rings. The van der Waals surface area contributed by atoms with E-state index in [1.165, 1.54) is 0 Å². The third kappa shape index (κ3) is 5.97. The van der Waals surface area contributed by atoms with Crippen molar-refractivity contribution in [1.29, 1.82) is 0 Å². The van der Waals surface area contributed by atoms with Crippen LogP contribution in [0.1, 0.15) is 13.8 Å². The molecular weight excluding hydrogens is 154 g/mol. The molecule has 0 aliphatic heterocycles. The van der Waals surface area contributed by atoms with Crippen molar-refractivity contribution in [2.75, 3.05) is 33.2 Å². The molecule has 2 amide bonds. The topological polar surface area (TPSA) is 44.4 Å². The maximum atomic E-state index is 10.9. The molecular formula is C8H19N3O. The lowest BCUT2D eigenvalue weighted by molar-refractivity contribution is 0.239. The highest BCUT2D eigenvalue weighted by molar-refractivity contribution is 5.73. The zero-order valence-corrected chi connectivity index (χ0v) is 8.18. The van der Waals surface area contributed by atoms with Crippen molar-refractivity contribution in [1.82, 2.24) is 15.5 Å². The van der Waals surface area contributed by atoms with Crippen LogP contribution in [0.4, 0.5) is 4.79 Å². The highest BCUT2D eigenvalue weighted by atomic mass is 16.2. The first kappa shape index (κ1) is 11.2. The zero-order chi connectivity index (χ0) is 9.40. The molecule has 0 saturated heterocycles. The fourth-order valence-corrected chi connectivity index (χ4v) is 0.741. The minimum Gasteiger partial charge on any atom is -0.338 e. The lowest BCUT2D eigenvalue weighted by atomic mass is 10.5. The molecule has 0 aromatic heterocycles. The predicted octanol–water partition coefficient (Wildman–Crippen LogP) is 0.257. The van der Waals surface area contributed by atoms with Gasteiger partial charge in [-0.25, -0.2) is 4.79 Å². The Morgan fingerprint density at radius 1 is 1.33 bits per heavy atom. The van der Waals surface area contributed by atoms with E-state index in [9.17, 15) is 4.79 Å². The second-order valence-electron chi connectivity index (χ2n) is 2.68. The molecule has 0 fully saturated rings. The van der Waals surface area contributed by atoms with Crippen molar-refractivity contribution < 1.29 is 4.79 Å². The van der Waals surface area contributed by atoms with Crippen LogP contribution >= 0.6 is 0 Å². The summed E-state index contributed by atoms with van der Waals surface area (Å²) in [7, 11) is 2.03. The average molecular weight is 173 g/mol. The van der Waals surface area contributed by atoms with Gasteiger partial charge in [0.15, 0.2) is 0 Å². The van der Waals surface area contributed by atoms with Gasteiger partial charge in [0.25, 0.3) is 0 Å². The number of nitrogens with zero attached hydrogens (tertiary/aromatic N) is 1. The van der Waals surface area contributed by atoms with Crippen molar-refractivity contribution in [2.24, 2.45) is 0 Å². The molecule has 0 aromatic rings. The molecule has 0 atom stereocenters. The summed E-state index contributed by atoms with van der Waals surface area (Å²) in [6.45, 7) is 7.28. The largest absolute Gasteiger partial charge is 0.338 e. The van der Waals surface area contributed by atoms with Gasteiger partial charge in [-0.15, -0.1) is 0 Å². The number of hydrogen-bond acceptors (Lipinski definition) is 2. The second-order valence-corrected chi connectivity index (χ2v) is 2.68. The Labute approximate surface area is 74.3 Å². The first-order valence-electron chi connectivity index (χ1n) is 4.41. The van der Waals surface area contributed by atoms with E-state index in [1.54, 1.807) is 0 Å². The van der Waals surface area contributed by atoms with Gasteiger partial charge in [-0.2, -0.15) is 0 Å². The van der Waals surface area contributed by atoms with Gasteiger partial charge in [-0.3, -0.25) is 0 Å². The number of rotatable bonds is 5. The second kappa shape index (κ2) is 6.91. The maximum absolute atomic E-state index is 10.9. The molecule has 0 saturated carbocycles. The number of amides is 2. The van der Waals surface area contributed by atoms with Gasteiger partial charge in [-0.05, 0) is 20.5 Å². The molecule has 4 heteroatoms. The van der Waals surface area contributed by atoms with Gasteiger partial charge in [0.05, 0.1) is 0 Å². The van der Waals surface area contributed by atoms with Crippen LogP contribution in [-0.4, -0.2) is 44.2 Å². The van der Waals surface area contributed by atoms with Crippen LogP contribution in [0, 0.1) is 0 Å². The van der Waals surface area contributed by atoms with Crippen LogP contribution < -0.4 is 10.6 Å². The smallest absolute Gasteiger partial charge is 0.314 e. The van der Waals surface area contributed by atoms with Crippen molar-refractivity contribution in [2.45, 2.75) is 13.8 Å². The lowest BCUT2D eigenvalue weighted by Gasteiger charge is -2.13. The Hall–Kier alpha value is -0.770. The third-order valence-electron chi connectivity index (χ3n) is 1.66. The molecule has 4 nitrogen and oxygen atoms in total. The Kier molecular flexibility index (Phi) is 6.47. The summed E-state index contributed by atoms with van der Waals surface area (Å²) in [5, 5.41) is 5.43. The Bertz CT molecular complexity index is 127. The zero-order valence-electron chi connectivity index (χ0n) is 8.18. The summed E-state index contributed by atoms with van der Waals surface area (Å²) in [6, 6.07) is -0.0815. The predicted molar refractivity (Wildman–Crippen MR) is 50.2 cm³/mol. The monoisotopic (exact) mass is 173 g/mol. The van der Waals surface area contributed by atoms with Crippen LogP contribution in [0.15, 0.2) is 0 Å². The van der Waals surface area contributed by atoms with E-state index in [2.05, 4.69) is 22.5 Å². The van der Waals surface area contributed by atoms with Gasteiger partial charge in [0.2, 0.25) is 0 Å². The molecule has 0 rings (SSSR count). The Morgan fingerprint density at radius 3 is 2.50 bits per heavy atom. The van der Waals surface area contributed by atoms with E-state index < -0.39 is 0 Å². The van der Waals surface area contributed by atoms with Crippen LogP contribution in [-0.2, 0) is 0 Å². The molecule has 12 heavy (non-hydrogen) atoms. The average Bonchev–Trinajstić information content (AvgIpc) is 2.04. The van der Waals surface area contributed by atoms with E-state index in [0.29, 0.717) is 13.1 Å². The summed E-state index contributed by atoms with van der Waals surface area (Å²) in [5.74, 6) is 0. The molecule has 0 spiro atoms. The number of hydrogen-bond donors (Lipinski definition) is 2. The van der Waals surface area contributed by atoms with Crippen molar-refractivity contribution in [3.63, 3.8) is 0 Å². The maximum Gasteiger partial charge on any atom is 0.314 e. The van der Waals surface area contributed by atoms with Crippen LogP contribution in [0.2, 0.25) is 0 Å². The normalized spacial score (nSPS) is 10.0. The third-order valence-corrected chi connectivity index (χ3v) is 1.66. The fraction of sp³-hybridized carbons (Fsp3) is 0.875. The molecule has 0 unspecified atom stereocenters. The van der Waals surface area contributed by atoms with Gasteiger partial charge in [-0.1, -0.05) is 6.92 Å². The highest BCUT2D eigenvalue weighted by Crippen LogP contribution is 1.77. The molecule has 0 aliphatic carbocycles. The number of nitrogens with one attached hydrogen (secondary N) is 2. The van der Waals surface area contributed by atoms with Crippen LogP contribution in [0.5, 0.6) is 0 Å². The summed E-state index contributed by atoms with van der Waals surface area (Å²) in [6.07, 6.45) is 0. The summed E-state index contributed by atoms with van der Waals surface area (Å²) < 4.78 is 0. The summed E-state index contributed by atoms with van der Waals surface area (Å²) in [4.78, 5) is 13.0. The van der Waals surface area contributed by atoms with Crippen molar-refractivity contribution >= 4 is 6.03 Å². The van der Waals surface area contributed by atoms with Crippen LogP contribution in [0.3, 0.4) is 0 Å². The SMILES string of the molecule is CCNC(=O)NCCN(C)CC. The number of urea groups is 1. The quantitative estimate of drug-likeness (QED) is 0.626. The number of carbonyl (C=O) groups excluding carboxylic acids is 1. The first-order chi connectivity index (χ1) is 5.70.